The largest absolute Gasteiger partial charge is 0.573 e. The van der Waals surface area contributed by atoms with Crippen LogP contribution in [0.2, 0.25) is 0 Å². The monoisotopic (exact) mass is 493 g/mol. The molecule has 1 aromatic carbocycles. The lowest BCUT2D eigenvalue weighted by Crippen LogP contribution is -2.41. The quantitative estimate of drug-likeness (QED) is 0.435. The van der Waals surface area contributed by atoms with E-state index in [9.17, 15) is 32.8 Å². The van der Waals surface area contributed by atoms with Crippen molar-refractivity contribution in [1.82, 2.24) is 20.6 Å². The number of fused-ring (bicyclic) bond motifs is 1. The lowest BCUT2D eigenvalue weighted by Gasteiger charge is -2.21. The van der Waals surface area contributed by atoms with Crippen LogP contribution >= 0.6 is 0 Å². The highest BCUT2D eigenvalue weighted by molar-refractivity contribution is 5.99. The van der Waals surface area contributed by atoms with Crippen LogP contribution in [0.25, 0.3) is 11.0 Å². The number of para-hydroxylation sites is 1. The topological polar surface area (TPSA) is 137 Å². The number of nitrogens with zero attached hydrogens (tertiary/aromatic N) is 2. The third kappa shape index (κ3) is 6.94. The average Bonchev–Trinajstić information content (AvgIpc) is 3.38. The molecule has 0 aliphatic carbocycles. The van der Waals surface area contributed by atoms with Crippen LogP contribution in [0.5, 0.6) is 5.75 Å². The number of aromatic amines is 1. The van der Waals surface area contributed by atoms with E-state index in [0.717, 1.165) is 6.07 Å². The molecule has 0 unspecified atom stereocenters. The van der Waals surface area contributed by atoms with Crippen molar-refractivity contribution >= 4 is 28.6 Å². The SMILES string of the molecule is CC(C)C[C@H](CC(=O)c1nc2c(OC(F)(F)F)cccc2[nH]1)C(=O)N[C@H](C#N)C[C@@H]1CCNC1=O. The third-order valence-electron chi connectivity index (χ3n) is 5.68. The number of amides is 2. The summed E-state index contributed by atoms with van der Waals surface area (Å²) in [5.74, 6) is -3.09. The van der Waals surface area contributed by atoms with E-state index < -0.39 is 35.8 Å². The number of ether oxygens (including phenoxy) is 1. The molecule has 0 radical (unpaired) electrons. The number of alkyl halides is 3. The van der Waals surface area contributed by atoms with Gasteiger partial charge in [-0.3, -0.25) is 14.4 Å². The zero-order valence-electron chi connectivity index (χ0n) is 19.2. The van der Waals surface area contributed by atoms with Crippen molar-refractivity contribution in [3.8, 4) is 11.8 Å². The van der Waals surface area contributed by atoms with Gasteiger partial charge in [0, 0.05) is 24.8 Å². The molecule has 3 N–H and O–H groups in total. The fourth-order valence-electron chi connectivity index (χ4n) is 4.11. The summed E-state index contributed by atoms with van der Waals surface area (Å²) < 4.78 is 42.0. The minimum absolute atomic E-state index is 0.0437. The molecule has 2 heterocycles. The number of aromatic nitrogens is 2. The number of H-pyrrole nitrogens is 1. The van der Waals surface area contributed by atoms with Crippen LogP contribution in [0.3, 0.4) is 0 Å². The summed E-state index contributed by atoms with van der Waals surface area (Å²) in [5.41, 5.74) is 0.0248. The number of carbonyl (C=O) groups excluding carboxylic acids is 3. The maximum absolute atomic E-state index is 13.0. The molecule has 1 aromatic heterocycles. The highest BCUT2D eigenvalue weighted by Crippen LogP contribution is 2.30. The maximum Gasteiger partial charge on any atom is 0.573 e. The van der Waals surface area contributed by atoms with E-state index in [2.05, 4.69) is 25.3 Å². The molecule has 188 valence electrons. The molecule has 0 saturated carbocycles. The number of halogens is 3. The van der Waals surface area contributed by atoms with Gasteiger partial charge in [-0.15, -0.1) is 13.2 Å². The molecule has 1 aliphatic heterocycles. The number of Topliss-reactive ketones (excluding diaryl/α,β-unsaturated/α-hetero) is 1. The fourth-order valence-corrected chi connectivity index (χ4v) is 4.11. The summed E-state index contributed by atoms with van der Waals surface area (Å²) in [5, 5.41) is 14.8. The molecule has 3 rings (SSSR count). The Balaban J connectivity index is 1.74. The number of nitriles is 1. The molecular formula is C23H26F3N5O4. The third-order valence-corrected chi connectivity index (χ3v) is 5.68. The molecule has 1 fully saturated rings. The van der Waals surface area contributed by atoms with Crippen molar-refractivity contribution in [3.63, 3.8) is 0 Å². The lowest BCUT2D eigenvalue weighted by atomic mass is 9.90. The maximum atomic E-state index is 13.0. The Bertz CT molecular complexity index is 1140. The van der Waals surface area contributed by atoms with Crippen molar-refractivity contribution in [3.05, 3.63) is 24.0 Å². The second-order valence-corrected chi connectivity index (χ2v) is 8.94. The molecule has 3 atom stereocenters. The molecule has 2 aromatic rings. The molecule has 1 aliphatic rings. The Morgan fingerprint density at radius 1 is 1.34 bits per heavy atom. The van der Waals surface area contributed by atoms with Gasteiger partial charge in [0.15, 0.2) is 17.4 Å². The van der Waals surface area contributed by atoms with Crippen molar-refractivity contribution in [1.29, 1.82) is 5.26 Å². The summed E-state index contributed by atoms with van der Waals surface area (Å²) in [6.07, 6.45) is -4.10. The first-order valence-corrected chi connectivity index (χ1v) is 11.2. The second-order valence-electron chi connectivity index (χ2n) is 8.94. The van der Waals surface area contributed by atoms with Gasteiger partial charge in [0.2, 0.25) is 11.8 Å². The summed E-state index contributed by atoms with van der Waals surface area (Å²) in [7, 11) is 0. The first-order chi connectivity index (χ1) is 16.5. The zero-order valence-corrected chi connectivity index (χ0v) is 19.2. The number of imidazole rings is 1. The highest BCUT2D eigenvalue weighted by atomic mass is 19.4. The van der Waals surface area contributed by atoms with E-state index in [-0.39, 0.29) is 47.4 Å². The van der Waals surface area contributed by atoms with Gasteiger partial charge in [0.25, 0.3) is 0 Å². The fraction of sp³-hybridized carbons (Fsp3) is 0.522. The molecule has 35 heavy (non-hydrogen) atoms. The normalized spacial score (nSPS) is 17.6. The van der Waals surface area contributed by atoms with Crippen molar-refractivity contribution in [2.75, 3.05) is 6.54 Å². The number of nitrogens with one attached hydrogen (secondary N) is 3. The smallest absolute Gasteiger partial charge is 0.403 e. The molecule has 12 heteroatoms. The van der Waals surface area contributed by atoms with E-state index in [1.165, 1.54) is 12.1 Å². The van der Waals surface area contributed by atoms with E-state index in [1.54, 1.807) is 0 Å². The first kappa shape index (κ1) is 26.0. The number of hydrogen-bond donors (Lipinski definition) is 3. The number of benzene rings is 1. The number of carbonyl (C=O) groups is 3. The van der Waals surface area contributed by atoms with E-state index in [4.69, 9.17) is 0 Å². The number of ketones is 1. The van der Waals surface area contributed by atoms with Gasteiger partial charge < -0.3 is 20.4 Å². The van der Waals surface area contributed by atoms with Crippen LogP contribution in [0.1, 0.15) is 50.1 Å². The molecule has 2 amide bonds. The Labute approximate surface area is 199 Å². The van der Waals surface area contributed by atoms with Gasteiger partial charge in [0.05, 0.1) is 11.6 Å². The summed E-state index contributed by atoms with van der Waals surface area (Å²) in [4.78, 5) is 44.4. The first-order valence-electron chi connectivity index (χ1n) is 11.2. The number of hydrogen-bond acceptors (Lipinski definition) is 6. The van der Waals surface area contributed by atoms with Gasteiger partial charge >= 0.3 is 6.36 Å². The van der Waals surface area contributed by atoms with Crippen LogP contribution in [-0.4, -0.2) is 46.5 Å². The van der Waals surface area contributed by atoms with Gasteiger partial charge in [-0.25, -0.2) is 4.98 Å². The van der Waals surface area contributed by atoms with Crippen LogP contribution < -0.4 is 15.4 Å². The predicted molar refractivity (Wildman–Crippen MR) is 118 cm³/mol. The van der Waals surface area contributed by atoms with E-state index in [0.29, 0.717) is 19.4 Å². The van der Waals surface area contributed by atoms with E-state index >= 15 is 0 Å². The van der Waals surface area contributed by atoms with Gasteiger partial charge in [-0.05, 0) is 37.3 Å². The molecule has 0 spiro atoms. The van der Waals surface area contributed by atoms with Crippen LogP contribution in [0.4, 0.5) is 13.2 Å². The van der Waals surface area contributed by atoms with Crippen molar-refractivity contribution in [2.24, 2.45) is 17.8 Å². The Hall–Kier alpha value is -3.62. The van der Waals surface area contributed by atoms with Crippen LogP contribution in [0.15, 0.2) is 18.2 Å². The molecule has 0 bridgehead atoms. The molecular weight excluding hydrogens is 467 g/mol. The van der Waals surface area contributed by atoms with Crippen molar-refractivity contribution < 1.29 is 32.3 Å². The van der Waals surface area contributed by atoms with Crippen LogP contribution in [0, 0.1) is 29.1 Å². The molecule has 9 nitrogen and oxygen atoms in total. The highest BCUT2D eigenvalue weighted by Gasteiger charge is 2.33. The van der Waals surface area contributed by atoms with Crippen molar-refractivity contribution in [2.45, 2.75) is 51.9 Å². The number of rotatable bonds is 10. The minimum Gasteiger partial charge on any atom is -0.403 e. The van der Waals surface area contributed by atoms with Gasteiger partial charge in [0.1, 0.15) is 11.6 Å². The Morgan fingerprint density at radius 3 is 2.69 bits per heavy atom. The Kier molecular flexibility index (Phi) is 7.99. The van der Waals surface area contributed by atoms with E-state index in [1.807, 2.05) is 19.9 Å². The predicted octanol–water partition coefficient (Wildman–Crippen LogP) is 3.23. The standard InChI is InChI=1S/C23H26F3N5O4/c1-12(2)8-14(22(34)29-15(11-27)9-13-6-7-28-21(13)33)10-17(32)20-30-16-4-3-5-18(19(16)31-20)35-23(24,25)26/h3-5,12-15H,6-10H2,1-2H3,(H,28,33)(H,29,34)(H,30,31)/t13-,14+,15-/m0/s1. The minimum atomic E-state index is -4.92. The lowest BCUT2D eigenvalue weighted by molar-refractivity contribution is -0.274. The zero-order chi connectivity index (χ0) is 25.8. The summed E-state index contributed by atoms with van der Waals surface area (Å²) in [6.45, 7) is 4.27. The Morgan fingerprint density at radius 2 is 2.09 bits per heavy atom. The second kappa shape index (κ2) is 10.8. The molecule has 1 saturated heterocycles. The van der Waals surface area contributed by atoms with Crippen LogP contribution in [-0.2, 0) is 9.59 Å². The summed E-state index contributed by atoms with van der Waals surface area (Å²) in [6, 6.07) is 4.98. The van der Waals surface area contributed by atoms with Gasteiger partial charge in [-0.2, -0.15) is 5.26 Å². The summed E-state index contributed by atoms with van der Waals surface area (Å²) >= 11 is 0. The van der Waals surface area contributed by atoms with Gasteiger partial charge in [-0.1, -0.05) is 19.9 Å². The average molecular weight is 493 g/mol.